The molecule has 1 saturated heterocycles. The average Bonchev–Trinajstić information content (AvgIpc) is 2.52. The van der Waals surface area contributed by atoms with Gasteiger partial charge < -0.3 is 5.32 Å². The van der Waals surface area contributed by atoms with Crippen LogP contribution >= 0.6 is 0 Å². The molecule has 8 heteroatoms. The Hall–Kier alpha value is -0.180. The minimum atomic E-state index is -3.35. The first-order chi connectivity index (χ1) is 7.85. The van der Waals surface area contributed by atoms with Gasteiger partial charge in [0.05, 0.1) is 17.3 Å². The monoisotopic (exact) mass is 284 g/mol. The predicted octanol–water partition coefficient (Wildman–Crippen LogP) is -0.907. The molecule has 0 spiro atoms. The number of rotatable bonds is 7. The minimum Gasteiger partial charge on any atom is -0.317 e. The van der Waals surface area contributed by atoms with E-state index in [2.05, 4.69) is 10.0 Å². The maximum Gasteiger partial charge on any atom is 0.211 e. The van der Waals surface area contributed by atoms with Gasteiger partial charge in [0.1, 0.15) is 0 Å². The van der Waals surface area contributed by atoms with Crippen molar-refractivity contribution in [3.63, 3.8) is 0 Å². The molecule has 0 aliphatic carbocycles. The maximum atomic E-state index is 11.6. The molecule has 0 aromatic heterocycles. The predicted molar refractivity (Wildman–Crippen MR) is 67.1 cm³/mol. The average molecular weight is 284 g/mol. The van der Waals surface area contributed by atoms with E-state index >= 15 is 0 Å². The van der Waals surface area contributed by atoms with Gasteiger partial charge in [-0.3, -0.25) is 0 Å². The summed E-state index contributed by atoms with van der Waals surface area (Å²) in [6, 6.07) is -0.441. The molecule has 1 fully saturated rings. The molecule has 1 aliphatic rings. The lowest BCUT2D eigenvalue weighted by atomic mass is 10.3. The van der Waals surface area contributed by atoms with Crippen molar-refractivity contribution in [1.29, 1.82) is 0 Å². The molecule has 0 aromatic carbocycles. The lowest BCUT2D eigenvalue weighted by molar-refractivity contribution is 0.558. The van der Waals surface area contributed by atoms with Crippen molar-refractivity contribution in [2.45, 2.75) is 25.8 Å². The van der Waals surface area contributed by atoms with Crippen LogP contribution in [0.1, 0.15) is 19.8 Å². The SMILES string of the molecule is CCNCCCS(=O)(=O)NC1CCS(=O)(=O)C1. The van der Waals surface area contributed by atoms with E-state index in [0.29, 0.717) is 19.4 Å². The molecule has 2 N–H and O–H groups in total. The van der Waals surface area contributed by atoms with Crippen LogP contribution in [0.5, 0.6) is 0 Å². The van der Waals surface area contributed by atoms with E-state index in [-0.39, 0.29) is 17.3 Å². The van der Waals surface area contributed by atoms with Crippen molar-refractivity contribution >= 4 is 19.9 Å². The van der Waals surface area contributed by atoms with Gasteiger partial charge in [-0.15, -0.1) is 0 Å². The second-order valence-corrected chi connectivity index (χ2v) is 8.35. The van der Waals surface area contributed by atoms with Crippen molar-refractivity contribution in [3.05, 3.63) is 0 Å². The van der Waals surface area contributed by atoms with Crippen molar-refractivity contribution in [1.82, 2.24) is 10.0 Å². The number of hydrogen-bond donors (Lipinski definition) is 2. The molecular formula is C9H20N2O4S2. The van der Waals surface area contributed by atoms with Gasteiger partial charge in [0.25, 0.3) is 0 Å². The summed E-state index contributed by atoms with van der Waals surface area (Å²) in [5.41, 5.74) is 0. The Balaban J connectivity index is 2.35. The molecule has 1 aliphatic heterocycles. The Morgan fingerprint density at radius 2 is 2.06 bits per heavy atom. The van der Waals surface area contributed by atoms with E-state index in [1.807, 2.05) is 6.92 Å². The molecule has 6 nitrogen and oxygen atoms in total. The fraction of sp³-hybridized carbons (Fsp3) is 1.00. The third kappa shape index (κ3) is 5.80. The van der Waals surface area contributed by atoms with Gasteiger partial charge >= 0.3 is 0 Å². The smallest absolute Gasteiger partial charge is 0.211 e. The van der Waals surface area contributed by atoms with Crippen LogP contribution in [-0.2, 0) is 19.9 Å². The van der Waals surface area contributed by atoms with Crippen LogP contribution in [0.3, 0.4) is 0 Å². The summed E-state index contributed by atoms with van der Waals surface area (Å²) in [6.45, 7) is 3.42. The van der Waals surface area contributed by atoms with Crippen LogP contribution in [0.2, 0.25) is 0 Å². The Bertz CT molecular complexity index is 430. The first-order valence-corrected chi connectivity index (χ1v) is 9.23. The molecule has 1 heterocycles. The molecule has 0 radical (unpaired) electrons. The van der Waals surface area contributed by atoms with Crippen molar-refractivity contribution in [2.75, 3.05) is 30.3 Å². The van der Waals surface area contributed by atoms with Crippen LogP contribution in [0, 0.1) is 0 Å². The van der Waals surface area contributed by atoms with Crippen LogP contribution < -0.4 is 10.0 Å². The molecule has 0 saturated carbocycles. The fourth-order valence-corrected chi connectivity index (χ4v) is 4.89. The van der Waals surface area contributed by atoms with Gasteiger partial charge in [0.15, 0.2) is 9.84 Å². The normalized spacial score (nSPS) is 23.9. The maximum absolute atomic E-state index is 11.6. The standard InChI is InChI=1S/C9H20N2O4S2/c1-2-10-5-3-6-17(14,15)11-9-4-7-16(12,13)8-9/h9-11H,2-8H2,1H3. The summed E-state index contributed by atoms with van der Waals surface area (Å²) in [7, 11) is -6.39. The second-order valence-electron chi connectivity index (χ2n) is 4.24. The van der Waals surface area contributed by atoms with Gasteiger partial charge in [0, 0.05) is 6.04 Å². The van der Waals surface area contributed by atoms with Crippen molar-refractivity contribution < 1.29 is 16.8 Å². The van der Waals surface area contributed by atoms with E-state index in [1.165, 1.54) is 0 Å². The van der Waals surface area contributed by atoms with E-state index < -0.39 is 25.9 Å². The lowest BCUT2D eigenvalue weighted by Gasteiger charge is -2.11. The number of nitrogens with one attached hydrogen (secondary N) is 2. The molecule has 0 bridgehead atoms. The van der Waals surface area contributed by atoms with Gasteiger partial charge in [-0.2, -0.15) is 0 Å². The highest BCUT2D eigenvalue weighted by atomic mass is 32.2. The Kier molecular flexibility index (Phi) is 5.36. The van der Waals surface area contributed by atoms with Gasteiger partial charge in [-0.05, 0) is 25.9 Å². The molecule has 0 aromatic rings. The molecular weight excluding hydrogens is 264 g/mol. The third-order valence-electron chi connectivity index (χ3n) is 2.60. The van der Waals surface area contributed by atoms with Gasteiger partial charge in [-0.25, -0.2) is 21.6 Å². The molecule has 1 rings (SSSR count). The van der Waals surface area contributed by atoms with Crippen molar-refractivity contribution in [2.24, 2.45) is 0 Å². The first kappa shape index (κ1) is 14.9. The van der Waals surface area contributed by atoms with E-state index in [1.54, 1.807) is 0 Å². The highest BCUT2D eigenvalue weighted by molar-refractivity contribution is 7.92. The minimum absolute atomic E-state index is 0.0382. The van der Waals surface area contributed by atoms with Gasteiger partial charge in [-0.1, -0.05) is 6.92 Å². The second kappa shape index (κ2) is 6.12. The molecule has 1 unspecified atom stereocenters. The highest BCUT2D eigenvalue weighted by Gasteiger charge is 2.30. The summed E-state index contributed by atoms with van der Waals surface area (Å²) in [6.07, 6.45) is 0.914. The summed E-state index contributed by atoms with van der Waals surface area (Å²) >= 11 is 0. The fourth-order valence-electron chi connectivity index (χ4n) is 1.76. The lowest BCUT2D eigenvalue weighted by Crippen LogP contribution is -2.37. The third-order valence-corrected chi connectivity index (χ3v) is 5.88. The largest absolute Gasteiger partial charge is 0.317 e. The van der Waals surface area contributed by atoms with E-state index in [0.717, 1.165) is 6.54 Å². The zero-order valence-corrected chi connectivity index (χ0v) is 11.6. The quantitative estimate of drug-likeness (QED) is 0.591. The molecule has 102 valence electrons. The zero-order valence-electron chi connectivity index (χ0n) is 9.98. The summed E-state index contributed by atoms with van der Waals surface area (Å²) in [4.78, 5) is 0. The van der Waals surface area contributed by atoms with Crippen molar-refractivity contribution in [3.8, 4) is 0 Å². The van der Waals surface area contributed by atoms with Crippen LogP contribution in [0.25, 0.3) is 0 Å². The zero-order chi connectivity index (χ0) is 12.9. The number of hydrogen-bond acceptors (Lipinski definition) is 5. The van der Waals surface area contributed by atoms with E-state index in [4.69, 9.17) is 0 Å². The topological polar surface area (TPSA) is 92.3 Å². The Morgan fingerprint density at radius 1 is 1.35 bits per heavy atom. The Labute approximate surface area is 103 Å². The number of sulfonamides is 1. The first-order valence-electron chi connectivity index (χ1n) is 5.76. The summed E-state index contributed by atoms with van der Waals surface area (Å²) in [5.74, 6) is 0.0492. The molecule has 17 heavy (non-hydrogen) atoms. The van der Waals surface area contributed by atoms with Crippen LogP contribution in [-0.4, -0.2) is 53.2 Å². The molecule has 1 atom stereocenters. The van der Waals surface area contributed by atoms with E-state index in [9.17, 15) is 16.8 Å². The van der Waals surface area contributed by atoms with Gasteiger partial charge in [0.2, 0.25) is 10.0 Å². The molecule has 0 amide bonds. The summed E-state index contributed by atoms with van der Waals surface area (Å²) in [5, 5.41) is 3.04. The summed E-state index contributed by atoms with van der Waals surface area (Å²) < 4.78 is 48.1. The highest BCUT2D eigenvalue weighted by Crippen LogP contribution is 2.12. The number of sulfone groups is 1. The Morgan fingerprint density at radius 3 is 2.59 bits per heavy atom. The van der Waals surface area contributed by atoms with Crippen LogP contribution in [0.4, 0.5) is 0 Å². The van der Waals surface area contributed by atoms with Crippen LogP contribution in [0.15, 0.2) is 0 Å².